The Hall–Kier alpha value is -0.940. The molecule has 1 aliphatic carbocycles. The fourth-order valence-corrected chi connectivity index (χ4v) is 3.05. The second kappa shape index (κ2) is 6.88. The standard InChI is InChI=1S/C16H29N3O2/c1-5-20-14(16(2,3)4)15-18-13(21-19-15)10-11-8-6-7-9-12(11)17/h11-12,14H,5-10,17H2,1-4H3. The van der Waals surface area contributed by atoms with Crippen LogP contribution in [0.25, 0.3) is 0 Å². The van der Waals surface area contributed by atoms with Crippen LogP contribution in [0.3, 0.4) is 0 Å². The van der Waals surface area contributed by atoms with E-state index in [1.807, 2.05) is 6.92 Å². The molecule has 0 radical (unpaired) electrons. The Labute approximate surface area is 127 Å². The van der Waals surface area contributed by atoms with E-state index in [2.05, 4.69) is 30.9 Å². The number of hydrogen-bond acceptors (Lipinski definition) is 5. The van der Waals surface area contributed by atoms with Gasteiger partial charge in [-0.3, -0.25) is 0 Å². The summed E-state index contributed by atoms with van der Waals surface area (Å²) in [5.41, 5.74) is 6.14. The summed E-state index contributed by atoms with van der Waals surface area (Å²) >= 11 is 0. The molecule has 5 heteroatoms. The first-order valence-electron chi connectivity index (χ1n) is 8.11. The van der Waals surface area contributed by atoms with Gasteiger partial charge in [-0.1, -0.05) is 38.8 Å². The van der Waals surface area contributed by atoms with Gasteiger partial charge in [0.25, 0.3) is 0 Å². The maximum atomic E-state index is 6.20. The van der Waals surface area contributed by atoms with Crippen LogP contribution < -0.4 is 5.73 Å². The minimum Gasteiger partial charge on any atom is -0.370 e. The van der Waals surface area contributed by atoms with Crippen molar-refractivity contribution in [3.63, 3.8) is 0 Å². The van der Waals surface area contributed by atoms with Crippen molar-refractivity contribution in [2.45, 2.75) is 71.9 Å². The Morgan fingerprint density at radius 2 is 2.05 bits per heavy atom. The fraction of sp³-hybridized carbons (Fsp3) is 0.875. The normalized spacial score (nSPS) is 25.0. The Balaban J connectivity index is 2.05. The van der Waals surface area contributed by atoms with E-state index < -0.39 is 0 Å². The molecule has 0 bridgehead atoms. The van der Waals surface area contributed by atoms with Crippen LogP contribution in [0.15, 0.2) is 4.52 Å². The van der Waals surface area contributed by atoms with Gasteiger partial charge >= 0.3 is 0 Å². The van der Waals surface area contributed by atoms with Gasteiger partial charge in [-0.15, -0.1) is 0 Å². The zero-order valence-electron chi connectivity index (χ0n) is 13.8. The van der Waals surface area contributed by atoms with Crippen molar-refractivity contribution in [3.8, 4) is 0 Å². The fourth-order valence-electron chi connectivity index (χ4n) is 3.05. The number of ether oxygens (including phenoxy) is 1. The summed E-state index contributed by atoms with van der Waals surface area (Å²) < 4.78 is 11.2. The third kappa shape index (κ3) is 4.27. The molecule has 1 aromatic heterocycles. The molecule has 2 rings (SSSR count). The highest BCUT2D eigenvalue weighted by molar-refractivity contribution is 4.98. The third-order valence-electron chi connectivity index (χ3n) is 4.24. The van der Waals surface area contributed by atoms with Crippen molar-refractivity contribution in [2.75, 3.05) is 6.61 Å². The second-order valence-corrected chi connectivity index (χ2v) is 7.16. The summed E-state index contributed by atoms with van der Waals surface area (Å²) in [5, 5.41) is 4.14. The third-order valence-corrected chi connectivity index (χ3v) is 4.24. The van der Waals surface area contributed by atoms with Gasteiger partial charge in [-0.05, 0) is 31.1 Å². The maximum absolute atomic E-state index is 6.20. The molecular weight excluding hydrogens is 266 g/mol. The van der Waals surface area contributed by atoms with Crippen molar-refractivity contribution < 1.29 is 9.26 Å². The first-order chi connectivity index (χ1) is 9.91. The predicted molar refractivity (Wildman–Crippen MR) is 81.8 cm³/mol. The molecule has 0 aromatic carbocycles. The SMILES string of the molecule is CCOC(c1noc(CC2CCCCC2N)n1)C(C)(C)C. The molecule has 5 nitrogen and oxygen atoms in total. The highest BCUT2D eigenvalue weighted by atomic mass is 16.5. The molecule has 1 aromatic rings. The lowest BCUT2D eigenvalue weighted by Crippen LogP contribution is -2.34. The summed E-state index contributed by atoms with van der Waals surface area (Å²) in [7, 11) is 0. The monoisotopic (exact) mass is 295 g/mol. The van der Waals surface area contributed by atoms with Gasteiger partial charge in [0, 0.05) is 19.1 Å². The summed E-state index contributed by atoms with van der Waals surface area (Å²) in [5.74, 6) is 1.82. The molecule has 3 unspecified atom stereocenters. The van der Waals surface area contributed by atoms with E-state index in [-0.39, 0.29) is 17.6 Å². The van der Waals surface area contributed by atoms with Gasteiger partial charge in [-0.2, -0.15) is 4.98 Å². The molecule has 21 heavy (non-hydrogen) atoms. The molecule has 0 saturated heterocycles. The highest BCUT2D eigenvalue weighted by Crippen LogP contribution is 2.35. The average molecular weight is 295 g/mol. The molecule has 0 amide bonds. The molecule has 1 heterocycles. The van der Waals surface area contributed by atoms with E-state index >= 15 is 0 Å². The van der Waals surface area contributed by atoms with Crippen molar-refractivity contribution in [1.29, 1.82) is 0 Å². The molecule has 2 N–H and O–H groups in total. The maximum Gasteiger partial charge on any atom is 0.227 e. The van der Waals surface area contributed by atoms with E-state index in [1.165, 1.54) is 12.8 Å². The van der Waals surface area contributed by atoms with Gasteiger partial charge in [-0.25, -0.2) is 0 Å². The second-order valence-electron chi connectivity index (χ2n) is 7.16. The molecular formula is C16H29N3O2. The lowest BCUT2D eigenvalue weighted by Gasteiger charge is -2.28. The Kier molecular flexibility index (Phi) is 5.38. The lowest BCUT2D eigenvalue weighted by molar-refractivity contribution is -0.0203. The number of nitrogens with two attached hydrogens (primary N) is 1. The van der Waals surface area contributed by atoms with Crippen molar-refractivity contribution >= 4 is 0 Å². The van der Waals surface area contributed by atoms with Crippen molar-refractivity contribution in [2.24, 2.45) is 17.1 Å². The molecule has 0 aliphatic heterocycles. The first kappa shape index (κ1) is 16.4. The Morgan fingerprint density at radius 1 is 1.33 bits per heavy atom. The predicted octanol–water partition coefficient (Wildman–Crippen LogP) is 3.25. The van der Waals surface area contributed by atoms with Gasteiger partial charge in [0.15, 0.2) is 0 Å². The summed E-state index contributed by atoms with van der Waals surface area (Å²) in [6, 6.07) is 0.263. The molecule has 1 saturated carbocycles. The van der Waals surface area contributed by atoms with Crippen LogP contribution in [0.2, 0.25) is 0 Å². The number of rotatable bonds is 5. The van der Waals surface area contributed by atoms with Crippen LogP contribution >= 0.6 is 0 Å². The molecule has 3 atom stereocenters. The van der Waals surface area contributed by atoms with Gasteiger partial charge < -0.3 is 15.0 Å². The van der Waals surface area contributed by atoms with Crippen LogP contribution in [0.1, 0.15) is 71.2 Å². The molecule has 120 valence electrons. The highest BCUT2D eigenvalue weighted by Gasteiger charge is 2.32. The lowest BCUT2D eigenvalue weighted by atomic mass is 9.83. The van der Waals surface area contributed by atoms with Gasteiger partial charge in [0.1, 0.15) is 6.10 Å². The zero-order valence-corrected chi connectivity index (χ0v) is 13.8. The quantitative estimate of drug-likeness (QED) is 0.902. The Morgan fingerprint density at radius 3 is 2.67 bits per heavy atom. The number of aromatic nitrogens is 2. The zero-order chi connectivity index (χ0) is 15.5. The van der Waals surface area contributed by atoms with E-state index in [9.17, 15) is 0 Å². The van der Waals surface area contributed by atoms with E-state index in [1.54, 1.807) is 0 Å². The van der Waals surface area contributed by atoms with Crippen LogP contribution in [-0.4, -0.2) is 22.8 Å². The summed E-state index contributed by atoms with van der Waals surface area (Å²) in [4.78, 5) is 4.57. The molecule has 1 aliphatic rings. The number of hydrogen-bond donors (Lipinski definition) is 1. The van der Waals surface area contributed by atoms with E-state index in [0.717, 1.165) is 19.3 Å². The van der Waals surface area contributed by atoms with Crippen molar-refractivity contribution in [3.05, 3.63) is 11.7 Å². The smallest absolute Gasteiger partial charge is 0.227 e. The number of nitrogens with zero attached hydrogens (tertiary/aromatic N) is 2. The Bertz CT molecular complexity index is 439. The van der Waals surface area contributed by atoms with E-state index in [4.69, 9.17) is 15.0 Å². The minimum atomic E-state index is -0.139. The minimum absolute atomic E-state index is 0.0571. The van der Waals surface area contributed by atoms with Crippen LogP contribution in [0.4, 0.5) is 0 Å². The van der Waals surface area contributed by atoms with Gasteiger partial charge in [0.05, 0.1) is 0 Å². The van der Waals surface area contributed by atoms with Crippen LogP contribution in [0, 0.1) is 11.3 Å². The van der Waals surface area contributed by atoms with Crippen molar-refractivity contribution in [1.82, 2.24) is 10.1 Å². The average Bonchev–Trinajstić information content (AvgIpc) is 2.85. The molecule has 0 spiro atoms. The van der Waals surface area contributed by atoms with E-state index in [0.29, 0.717) is 24.2 Å². The van der Waals surface area contributed by atoms with Gasteiger partial charge in [0.2, 0.25) is 11.7 Å². The largest absolute Gasteiger partial charge is 0.370 e. The van der Waals surface area contributed by atoms with Crippen LogP contribution in [0.5, 0.6) is 0 Å². The first-order valence-corrected chi connectivity index (χ1v) is 8.11. The summed E-state index contributed by atoms with van der Waals surface area (Å²) in [6.45, 7) is 9.00. The molecule has 1 fully saturated rings. The summed E-state index contributed by atoms with van der Waals surface area (Å²) in [6.07, 6.45) is 5.41. The van der Waals surface area contributed by atoms with Crippen LogP contribution in [-0.2, 0) is 11.2 Å². The topological polar surface area (TPSA) is 74.2 Å².